The van der Waals surface area contributed by atoms with E-state index in [-0.39, 0.29) is 0 Å². The highest BCUT2D eigenvalue weighted by atomic mass is 15.3. The van der Waals surface area contributed by atoms with E-state index < -0.39 is 0 Å². The molecule has 0 saturated carbocycles. The van der Waals surface area contributed by atoms with Crippen molar-refractivity contribution in [1.82, 2.24) is 9.97 Å². The Bertz CT molecular complexity index is 458. The Hall–Kier alpha value is -1.36. The lowest BCUT2D eigenvalue weighted by Crippen LogP contribution is -2.25. The third-order valence-corrected chi connectivity index (χ3v) is 4.24. The molecule has 0 spiro atoms. The molecule has 1 aliphatic rings. The van der Waals surface area contributed by atoms with Crippen molar-refractivity contribution in [2.24, 2.45) is 17.7 Å². The zero-order chi connectivity index (χ0) is 14.7. The largest absolute Gasteiger partial charge is 0.356 e. The number of nitrogens with zero attached hydrogens (tertiary/aromatic N) is 3. The van der Waals surface area contributed by atoms with Gasteiger partial charge < -0.3 is 10.3 Å². The smallest absolute Gasteiger partial charge is 0.148 e. The van der Waals surface area contributed by atoms with E-state index in [0.29, 0.717) is 0 Å². The number of aromatic nitrogens is 2. The molecule has 1 saturated heterocycles. The average molecular weight is 277 g/mol. The van der Waals surface area contributed by atoms with Crippen molar-refractivity contribution in [3.8, 4) is 0 Å². The van der Waals surface area contributed by atoms with Crippen LogP contribution in [0.2, 0.25) is 0 Å². The molecule has 0 amide bonds. The second-order valence-corrected chi connectivity index (χ2v) is 6.07. The molecular weight excluding hydrogens is 250 g/mol. The SMILES string of the molecule is CCCc1nc(NN)c(C)c(N2CCC(C(C)C)C2)n1. The summed E-state index contributed by atoms with van der Waals surface area (Å²) in [5.74, 6) is 9.78. The van der Waals surface area contributed by atoms with Crippen molar-refractivity contribution in [2.75, 3.05) is 23.4 Å². The van der Waals surface area contributed by atoms with Crippen molar-refractivity contribution in [2.45, 2.75) is 47.0 Å². The second-order valence-electron chi connectivity index (χ2n) is 6.07. The van der Waals surface area contributed by atoms with Gasteiger partial charge in [-0.15, -0.1) is 0 Å². The molecule has 1 fully saturated rings. The standard InChI is InChI=1S/C15H27N5/c1-5-6-13-17-14(19-16)11(4)15(18-13)20-8-7-12(9-20)10(2)3/h10,12H,5-9,16H2,1-4H3,(H,17,18,19). The fraction of sp³-hybridized carbons (Fsp3) is 0.733. The summed E-state index contributed by atoms with van der Waals surface area (Å²) in [5.41, 5.74) is 3.77. The van der Waals surface area contributed by atoms with Gasteiger partial charge >= 0.3 is 0 Å². The lowest BCUT2D eigenvalue weighted by atomic mass is 9.95. The minimum Gasteiger partial charge on any atom is -0.356 e. The summed E-state index contributed by atoms with van der Waals surface area (Å²) in [6, 6.07) is 0. The molecule has 2 heterocycles. The van der Waals surface area contributed by atoms with Gasteiger partial charge in [0.05, 0.1) is 0 Å². The summed E-state index contributed by atoms with van der Waals surface area (Å²) in [6.07, 6.45) is 3.18. The summed E-state index contributed by atoms with van der Waals surface area (Å²) in [6.45, 7) is 11.0. The quantitative estimate of drug-likeness (QED) is 0.639. The van der Waals surface area contributed by atoms with E-state index in [1.54, 1.807) is 0 Å². The number of hydrogen-bond donors (Lipinski definition) is 2. The molecular formula is C15H27N5. The maximum Gasteiger partial charge on any atom is 0.148 e. The third kappa shape index (κ3) is 3.03. The van der Waals surface area contributed by atoms with Gasteiger partial charge in [-0.25, -0.2) is 15.8 Å². The number of nitrogens with one attached hydrogen (secondary N) is 1. The number of rotatable bonds is 5. The summed E-state index contributed by atoms with van der Waals surface area (Å²) in [7, 11) is 0. The fourth-order valence-corrected chi connectivity index (χ4v) is 2.86. The molecule has 1 unspecified atom stereocenters. The molecule has 20 heavy (non-hydrogen) atoms. The predicted molar refractivity (Wildman–Crippen MR) is 83.7 cm³/mol. The zero-order valence-electron chi connectivity index (χ0n) is 13.1. The van der Waals surface area contributed by atoms with E-state index in [4.69, 9.17) is 10.8 Å². The molecule has 1 atom stereocenters. The van der Waals surface area contributed by atoms with Crippen LogP contribution >= 0.6 is 0 Å². The second kappa shape index (κ2) is 6.39. The van der Waals surface area contributed by atoms with Crippen molar-refractivity contribution in [3.05, 3.63) is 11.4 Å². The molecule has 0 aromatic carbocycles. The molecule has 5 heteroatoms. The topological polar surface area (TPSA) is 67.1 Å². The first-order valence-corrected chi connectivity index (χ1v) is 7.65. The van der Waals surface area contributed by atoms with Crippen molar-refractivity contribution in [3.63, 3.8) is 0 Å². The summed E-state index contributed by atoms with van der Waals surface area (Å²) in [4.78, 5) is 11.6. The van der Waals surface area contributed by atoms with Gasteiger partial charge in [0.25, 0.3) is 0 Å². The number of hydrazine groups is 1. The molecule has 0 bridgehead atoms. The lowest BCUT2D eigenvalue weighted by Gasteiger charge is -2.22. The minimum absolute atomic E-state index is 0.726. The molecule has 1 aromatic heterocycles. The van der Waals surface area contributed by atoms with Gasteiger partial charge in [0.1, 0.15) is 17.5 Å². The molecule has 5 nitrogen and oxygen atoms in total. The Morgan fingerprint density at radius 3 is 2.70 bits per heavy atom. The molecule has 1 aromatic rings. The van der Waals surface area contributed by atoms with Crippen molar-refractivity contribution < 1.29 is 0 Å². The Morgan fingerprint density at radius 2 is 2.15 bits per heavy atom. The van der Waals surface area contributed by atoms with Gasteiger partial charge in [0.2, 0.25) is 0 Å². The van der Waals surface area contributed by atoms with Gasteiger partial charge in [-0.1, -0.05) is 20.8 Å². The Kier molecular flexibility index (Phi) is 4.81. The Labute approximate surface area is 121 Å². The number of aryl methyl sites for hydroxylation is 1. The van der Waals surface area contributed by atoms with Crippen LogP contribution in [0.1, 0.15) is 45.0 Å². The maximum absolute atomic E-state index is 5.60. The number of nitrogen functional groups attached to an aromatic ring is 1. The van der Waals surface area contributed by atoms with E-state index in [1.165, 1.54) is 6.42 Å². The van der Waals surface area contributed by atoms with Gasteiger partial charge in [-0.3, -0.25) is 0 Å². The predicted octanol–water partition coefficient (Wildman–Crippen LogP) is 2.51. The van der Waals surface area contributed by atoms with E-state index in [1.807, 2.05) is 6.92 Å². The highest BCUT2D eigenvalue weighted by Crippen LogP contribution is 2.31. The first-order valence-electron chi connectivity index (χ1n) is 7.65. The minimum atomic E-state index is 0.726. The number of nitrogens with two attached hydrogens (primary N) is 1. The number of hydrogen-bond acceptors (Lipinski definition) is 5. The summed E-state index contributed by atoms with van der Waals surface area (Å²) < 4.78 is 0. The van der Waals surface area contributed by atoms with E-state index in [0.717, 1.165) is 60.8 Å². The van der Waals surface area contributed by atoms with Crippen molar-refractivity contribution >= 4 is 11.6 Å². The zero-order valence-corrected chi connectivity index (χ0v) is 13.1. The van der Waals surface area contributed by atoms with Gasteiger partial charge in [0.15, 0.2) is 0 Å². The van der Waals surface area contributed by atoms with Crippen LogP contribution in [0.15, 0.2) is 0 Å². The Morgan fingerprint density at radius 1 is 1.40 bits per heavy atom. The van der Waals surface area contributed by atoms with E-state index in [2.05, 4.69) is 36.1 Å². The monoisotopic (exact) mass is 277 g/mol. The van der Waals surface area contributed by atoms with Crippen molar-refractivity contribution in [1.29, 1.82) is 0 Å². The lowest BCUT2D eigenvalue weighted by molar-refractivity contribution is 0.422. The first kappa shape index (κ1) is 15.0. The highest BCUT2D eigenvalue weighted by molar-refractivity contribution is 5.58. The van der Waals surface area contributed by atoms with Crippen LogP contribution in [0.3, 0.4) is 0 Å². The normalized spacial score (nSPS) is 18.9. The Balaban J connectivity index is 2.28. The van der Waals surface area contributed by atoms with Gasteiger partial charge in [-0.2, -0.15) is 0 Å². The van der Waals surface area contributed by atoms with Crippen LogP contribution in [-0.4, -0.2) is 23.1 Å². The van der Waals surface area contributed by atoms with Crippen LogP contribution in [0.4, 0.5) is 11.6 Å². The molecule has 0 aliphatic carbocycles. The molecule has 2 rings (SSSR count). The van der Waals surface area contributed by atoms with Gasteiger partial charge in [0, 0.05) is 25.1 Å². The third-order valence-electron chi connectivity index (χ3n) is 4.24. The first-order chi connectivity index (χ1) is 9.56. The van der Waals surface area contributed by atoms with Crippen LogP contribution < -0.4 is 16.2 Å². The maximum atomic E-state index is 5.60. The molecule has 3 N–H and O–H groups in total. The van der Waals surface area contributed by atoms with E-state index >= 15 is 0 Å². The molecule has 112 valence electrons. The van der Waals surface area contributed by atoms with Crippen LogP contribution in [0.5, 0.6) is 0 Å². The highest BCUT2D eigenvalue weighted by Gasteiger charge is 2.27. The number of anilines is 2. The van der Waals surface area contributed by atoms with Crippen LogP contribution in [0.25, 0.3) is 0 Å². The fourth-order valence-electron chi connectivity index (χ4n) is 2.86. The molecule has 1 aliphatic heterocycles. The molecule has 0 radical (unpaired) electrons. The average Bonchev–Trinajstić information content (AvgIpc) is 2.90. The summed E-state index contributed by atoms with van der Waals surface area (Å²) in [5, 5.41) is 0. The van der Waals surface area contributed by atoms with Crippen LogP contribution in [-0.2, 0) is 6.42 Å². The van der Waals surface area contributed by atoms with Gasteiger partial charge in [-0.05, 0) is 31.6 Å². The van der Waals surface area contributed by atoms with E-state index in [9.17, 15) is 0 Å². The summed E-state index contributed by atoms with van der Waals surface area (Å²) >= 11 is 0. The van der Waals surface area contributed by atoms with Crippen LogP contribution in [0, 0.1) is 18.8 Å².